The van der Waals surface area contributed by atoms with Crippen LogP contribution in [0.1, 0.15) is 21.5 Å². The molecule has 114 valence electrons. The molecule has 0 aliphatic carbocycles. The lowest BCUT2D eigenvalue weighted by Gasteiger charge is -2.11. The molecule has 0 bridgehead atoms. The van der Waals surface area contributed by atoms with E-state index in [0.717, 1.165) is 11.1 Å². The highest BCUT2D eigenvalue weighted by atomic mass is 16.5. The highest BCUT2D eigenvalue weighted by Crippen LogP contribution is 2.21. The van der Waals surface area contributed by atoms with Crippen LogP contribution in [0.15, 0.2) is 84.9 Å². The van der Waals surface area contributed by atoms with E-state index in [-0.39, 0.29) is 5.78 Å². The van der Waals surface area contributed by atoms with E-state index in [2.05, 4.69) is 0 Å². The van der Waals surface area contributed by atoms with Gasteiger partial charge in [-0.2, -0.15) is 0 Å². The van der Waals surface area contributed by atoms with Crippen molar-refractivity contribution in [1.82, 2.24) is 0 Å². The van der Waals surface area contributed by atoms with E-state index in [9.17, 15) is 4.79 Å². The third-order valence-corrected chi connectivity index (χ3v) is 3.63. The minimum absolute atomic E-state index is 0.0693. The lowest BCUT2D eigenvalue weighted by atomic mass is 10.0. The van der Waals surface area contributed by atoms with Gasteiger partial charge in [0.25, 0.3) is 0 Å². The Morgan fingerprint density at radius 1 is 0.696 bits per heavy atom. The first-order chi connectivity index (χ1) is 11.3. The second-order valence-electron chi connectivity index (χ2n) is 5.36. The molecule has 2 heteroatoms. The molecule has 0 amide bonds. The number of ether oxygens (including phenoxy) is 1. The molecule has 23 heavy (non-hydrogen) atoms. The highest BCUT2D eigenvalue weighted by molar-refractivity contribution is 5.99. The fraction of sp³-hybridized carbons (Fsp3) is 0.0952. The maximum Gasteiger partial charge on any atom is 0.170 e. The van der Waals surface area contributed by atoms with E-state index in [1.165, 1.54) is 0 Å². The molecule has 0 atom stereocenters. The van der Waals surface area contributed by atoms with Crippen LogP contribution >= 0.6 is 0 Å². The van der Waals surface area contributed by atoms with Crippen LogP contribution in [0.3, 0.4) is 0 Å². The first-order valence-electron chi connectivity index (χ1n) is 7.66. The molecule has 0 unspecified atom stereocenters. The normalized spacial score (nSPS) is 10.3. The summed E-state index contributed by atoms with van der Waals surface area (Å²) in [5.74, 6) is 0.706. The summed E-state index contributed by atoms with van der Waals surface area (Å²) >= 11 is 0. The maximum absolute atomic E-state index is 12.6. The van der Waals surface area contributed by atoms with Gasteiger partial charge in [0.2, 0.25) is 0 Å². The Morgan fingerprint density at radius 2 is 1.26 bits per heavy atom. The largest absolute Gasteiger partial charge is 0.488 e. The molecule has 3 aromatic rings. The van der Waals surface area contributed by atoms with Gasteiger partial charge in [-0.15, -0.1) is 0 Å². The molecule has 0 aliphatic rings. The topological polar surface area (TPSA) is 26.3 Å². The summed E-state index contributed by atoms with van der Waals surface area (Å²) in [6, 6.07) is 27.1. The molecule has 2 nitrogen and oxygen atoms in total. The third kappa shape index (κ3) is 4.07. The molecule has 3 rings (SSSR count). The zero-order valence-corrected chi connectivity index (χ0v) is 12.8. The van der Waals surface area contributed by atoms with Gasteiger partial charge in [0.1, 0.15) is 12.4 Å². The molecule has 0 aromatic heterocycles. The Bertz CT molecular complexity index is 764. The molecule has 3 aromatic carbocycles. The average Bonchev–Trinajstić information content (AvgIpc) is 2.62. The van der Waals surface area contributed by atoms with Gasteiger partial charge in [0.05, 0.1) is 5.56 Å². The van der Waals surface area contributed by atoms with Crippen molar-refractivity contribution in [2.75, 3.05) is 0 Å². The predicted octanol–water partition coefficient (Wildman–Crippen LogP) is 4.69. The van der Waals surface area contributed by atoms with E-state index >= 15 is 0 Å². The monoisotopic (exact) mass is 302 g/mol. The van der Waals surface area contributed by atoms with Crippen molar-refractivity contribution in [2.24, 2.45) is 0 Å². The molecule has 0 radical (unpaired) electrons. The zero-order valence-electron chi connectivity index (χ0n) is 12.8. The summed E-state index contributed by atoms with van der Waals surface area (Å²) in [4.78, 5) is 12.6. The van der Waals surface area contributed by atoms with Gasteiger partial charge in [-0.1, -0.05) is 72.8 Å². The van der Waals surface area contributed by atoms with Crippen molar-refractivity contribution in [2.45, 2.75) is 13.0 Å². The Labute approximate surface area is 136 Å². The van der Waals surface area contributed by atoms with Crippen molar-refractivity contribution >= 4 is 5.78 Å². The van der Waals surface area contributed by atoms with Gasteiger partial charge in [0.15, 0.2) is 5.78 Å². The van der Waals surface area contributed by atoms with Gasteiger partial charge in [0, 0.05) is 6.42 Å². The minimum atomic E-state index is 0.0693. The standard InChI is InChI=1S/C21H18O2/c22-20(15-17-9-3-1-4-10-17)19-13-7-8-14-21(19)23-16-18-11-5-2-6-12-18/h1-14H,15-16H2. The van der Waals surface area contributed by atoms with Crippen molar-refractivity contribution in [3.05, 3.63) is 102 Å². The number of ketones is 1. The van der Waals surface area contributed by atoms with Gasteiger partial charge in [-0.3, -0.25) is 4.79 Å². The fourth-order valence-corrected chi connectivity index (χ4v) is 2.43. The number of carbonyl (C=O) groups is 1. The Morgan fingerprint density at radius 3 is 1.96 bits per heavy atom. The first kappa shape index (κ1) is 15.0. The number of carbonyl (C=O) groups excluding carboxylic acids is 1. The summed E-state index contributed by atoms with van der Waals surface area (Å²) in [6.45, 7) is 0.455. The zero-order chi connectivity index (χ0) is 15.9. The van der Waals surface area contributed by atoms with E-state index in [1.807, 2.05) is 84.9 Å². The Balaban J connectivity index is 1.73. The van der Waals surface area contributed by atoms with Crippen molar-refractivity contribution in [3.8, 4) is 5.75 Å². The summed E-state index contributed by atoms with van der Waals surface area (Å²) in [6.07, 6.45) is 0.381. The van der Waals surface area contributed by atoms with Crippen LogP contribution in [-0.2, 0) is 13.0 Å². The summed E-state index contributed by atoms with van der Waals surface area (Å²) in [7, 11) is 0. The number of hydrogen-bond acceptors (Lipinski definition) is 2. The third-order valence-electron chi connectivity index (χ3n) is 3.63. The number of rotatable bonds is 6. The molecular weight excluding hydrogens is 284 g/mol. The number of Topliss-reactive ketones (excluding diaryl/α,β-unsaturated/α-hetero) is 1. The van der Waals surface area contributed by atoms with Gasteiger partial charge < -0.3 is 4.74 Å². The van der Waals surface area contributed by atoms with E-state index in [4.69, 9.17) is 4.74 Å². The Hall–Kier alpha value is -2.87. The summed E-state index contributed by atoms with van der Waals surface area (Å²) in [5, 5.41) is 0. The second-order valence-corrected chi connectivity index (χ2v) is 5.36. The quantitative estimate of drug-likeness (QED) is 0.617. The maximum atomic E-state index is 12.6. The van der Waals surface area contributed by atoms with Crippen LogP contribution < -0.4 is 4.74 Å². The first-order valence-corrected chi connectivity index (χ1v) is 7.66. The van der Waals surface area contributed by atoms with E-state index in [0.29, 0.717) is 24.3 Å². The molecule has 0 saturated heterocycles. The second kappa shape index (κ2) is 7.41. The molecule has 0 fully saturated rings. The van der Waals surface area contributed by atoms with E-state index < -0.39 is 0 Å². The van der Waals surface area contributed by atoms with Crippen LogP contribution in [0, 0.1) is 0 Å². The SMILES string of the molecule is O=C(Cc1ccccc1)c1ccccc1OCc1ccccc1. The minimum Gasteiger partial charge on any atom is -0.488 e. The molecule has 0 N–H and O–H groups in total. The molecular formula is C21H18O2. The molecule has 0 aliphatic heterocycles. The number of benzene rings is 3. The van der Waals surface area contributed by atoms with Gasteiger partial charge in [-0.25, -0.2) is 0 Å². The predicted molar refractivity (Wildman–Crippen MR) is 91.7 cm³/mol. The lowest BCUT2D eigenvalue weighted by molar-refractivity contribution is 0.0988. The average molecular weight is 302 g/mol. The van der Waals surface area contributed by atoms with Crippen molar-refractivity contribution < 1.29 is 9.53 Å². The van der Waals surface area contributed by atoms with Gasteiger partial charge >= 0.3 is 0 Å². The Kier molecular flexibility index (Phi) is 4.85. The van der Waals surface area contributed by atoms with E-state index in [1.54, 1.807) is 0 Å². The smallest absolute Gasteiger partial charge is 0.170 e. The van der Waals surface area contributed by atoms with Crippen LogP contribution in [0.2, 0.25) is 0 Å². The lowest BCUT2D eigenvalue weighted by Crippen LogP contribution is -2.07. The number of hydrogen-bond donors (Lipinski definition) is 0. The summed E-state index contributed by atoms with van der Waals surface area (Å²) < 4.78 is 5.86. The van der Waals surface area contributed by atoms with Crippen LogP contribution in [-0.4, -0.2) is 5.78 Å². The molecule has 0 heterocycles. The highest BCUT2D eigenvalue weighted by Gasteiger charge is 2.12. The molecule has 0 spiro atoms. The van der Waals surface area contributed by atoms with Crippen LogP contribution in [0.4, 0.5) is 0 Å². The van der Waals surface area contributed by atoms with Gasteiger partial charge in [-0.05, 0) is 23.3 Å². The van der Waals surface area contributed by atoms with Crippen molar-refractivity contribution in [3.63, 3.8) is 0 Å². The summed E-state index contributed by atoms with van der Waals surface area (Å²) in [5.41, 5.74) is 2.72. The number of para-hydroxylation sites is 1. The van der Waals surface area contributed by atoms with Crippen molar-refractivity contribution in [1.29, 1.82) is 0 Å². The van der Waals surface area contributed by atoms with Crippen LogP contribution in [0.5, 0.6) is 5.75 Å². The molecule has 0 saturated carbocycles. The fourth-order valence-electron chi connectivity index (χ4n) is 2.43. The van der Waals surface area contributed by atoms with Crippen LogP contribution in [0.25, 0.3) is 0 Å².